The fourth-order valence-corrected chi connectivity index (χ4v) is 2.96. The Morgan fingerprint density at radius 2 is 1.55 bits per heavy atom. The summed E-state index contributed by atoms with van der Waals surface area (Å²) in [6.07, 6.45) is 3.47. The number of fused-ring (bicyclic) bond motifs is 3. The molecule has 0 radical (unpaired) electrons. The lowest BCUT2D eigenvalue weighted by atomic mass is 9.89. The molecule has 0 bridgehead atoms. The lowest BCUT2D eigenvalue weighted by Crippen LogP contribution is -2.07. The first kappa shape index (κ1) is 12.8. The lowest BCUT2D eigenvalue weighted by molar-refractivity contribution is 0.403. The lowest BCUT2D eigenvalue weighted by Gasteiger charge is -2.19. The van der Waals surface area contributed by atoms with Crippen molar-refractivity contribution in [3.8, 4) is 34.2 Å². The van der Waals surface area contributed by atoms with Gasteiger partial charge in [0, 0.05) is 5.56 Å². The zero-order valence-electron chi connectivity index (χ0n) is 11.7. The molecule has 5 heteroatoms. The maximum Gasteiger partial charge on any atom is 0.158 e. The van der Waals surface area contributed by atoms with Gasteiger partial charge in [-0.1, -0.05) is 0 Å². The summed E-state index contributed by atoms with van der Waals surface area (Å²) in [4.78, 5) is 0. The van der Waals surface area contributed by atoms with E-state index in [1.807, 2.05) is 6.20 Å². The zero-order valence-corrected chi connectivity index (χ0v) is 11.7. The molecule has 0 aliphatic heterocycles. The molecule has 2 aromatic carbocycles. The summed E-state index contributed by atoms with van der Waals surface area (Å²) >= 11 is 0. The molecule has 3 aromatic rings. The fourth-order valence-electron chi connectivity index (χ4n) is 2.96. The number of hydrogen-bond acceptors (Lipinski definition) is 4. The quantitative estimate of drug-likeness (QED) is 0.603. The van der Waals surface area contributed by atoms with Gasteiger partial charge in [0.15, 0.2) is 11.5 Å². The SMILES string of the molecule is Oc1ccc(-n2ncc3c2-c2cc(O)c(O)cc2CC3)cc1. The molecule has 1 aromatic heterocycles. The van der Waals surface area contributed by atoms with E-state index in [2.05, 4.69) is 5.10 Å². The summed E-state index contributed by atoms with van der Waals surface area (Å²) in [6, 6.07) is 10.0. The molecule has 22 heavy (non-hydrogen) atoms. The van der Waals surface area contributed by atoms with Crippen LogP contribution in [0.4, 0.5) is 0 Å². The van der Waals surface area contributed by atoms with Crippen molar-refractivity contribution in [2.45, 2.75) is 12.8 Å². The Kier molecular flexibility index (Phi) is 2.63. The normalized spacial score (nSPS) is 12.7. The van der Waals surface area contributed by atoms with Crippen molar-refractivity contribution in [3.63, 3.8) is 0 Å². The van der Waals surface area contributed by atoms with E-state index < -0.39 is 0 Å². The minimum atomic E-state index is -0.134. The van der Waals surface area contributed by atoms with Crippen LogP contribution in [0, 0.1) is 0 Å². The Balaban J connectivity index is 1.94. The highest BCUT2D eigenvalue weighted by Gasteiger charge is 2.23. The van der Waals surface area contributed by atoms with Crippen LogP contribution in [0.25, 0.3) is 16.9 Å². The van der Waals surface area contributed by atoms with Crippen LogP contribution in [0.5, 0.6) is 17.2 Å². The third kappa shape index (κ3) is 1.83. The molecule has 5 nitrogen and oxygen atoms in total. The van der Waals surface area contributed by atoms with Gasteiger partial charge in [0.1, 0.15) is 5.75 Å². The van der Waals surface area contributed by atoms with Gasteiger partial charge in [-0.25, -0.2) is 4.68 Å². The predicted octanol–water partition coefficient (Wildman–Crippen LogP) is 2.75. The molecule has 110 valence electrons. The molecule has 3 N–H and O–H groups in total. The number of nitrogens with zero attached hydrogens (tertiary/aromatic N) is 2. The third-order valence-electron chi connectivity index (χ3n) is 4.06. The molecular weight excluding hydrogens is 280 g/mol. The molecule has 1 aliphatic rings. The van der Waals surface area contributed by atoms with Crippen molar-refractivity contribution in [3.05, 3.63) is 53.7 Å². The largest absolute Gasteiger partial charge is 0.508 e. The molecule has 4 rings (SSSR count). The maximum atomic E-state index is 9.82. The number of aromatic nitrogens is 2. The maximum absolute atomic E-state index is 9.82. The summed E-state index contributed by atoms with van der Waals surface area (Å²) in [5, 5.41) is 33.4. The summed E-state index contributed by atoms with van der Waals surface area (Å²) in [6.45, 7) is 0. The fraction of sp³-hybridized carbons (Fsp3) is 0.118. The van der Waals surface area contributed by atoms with E-state index in [4.69, 9.17) is 0 Å². The second kappa shape index (κ2) is 4.53. The highest BCUT2D eigenvalue weighted by atomic mass is 16.3. The van der Waals surface area contributed by atoms with Gasteiger partial charge in [0.25, 0.3) is 0 Å². The Labute approximate surface area is 126 Å². The summed E-state index contributed by atoms with van der Waals surface area (Å²) < 4.78 is 1.79. The Hall–Kier alpha value is -2.95. The van der Waals surface area contributed by atoms with Crippen molar-refractivity contribution in [1.82, 2.24) is 9.78 Å². The van der Waals surface area contributed by atoms with Gasteiger partial charge in [-0.15, -0.1) is 0 Å². The minimum absolute atomic E-state index is 0.0992. The number of phenolic OH excluding ortho intramolecular Hbond substituents is 3. The molecule has 0 amide bonds. The summed E-state index contributed by atoms with van der Waals surface area (Å²) in [5.41, 5.74) is 4.72. The molecule has 0 atom stereocenters. The van der Waals surface area contributed by atoms with Gasteiger partial charge in [-0.3, -0.25) is 0 Å². The number of phenols is 3. The van der Waals surface area contributed by atoms with Crippen molar-refractivity contribution in [2.75, 3.05) is 0 Å². The topological polar surface area (TPSA) is 78.5 Å². The number of benzene rings is 2. The average molecular weight is 294 g/mol. The van der Waals surface area contributed by atoms with E-state index in [0.29, 0.717) is 0 Å². The van der Waals surface area contributed by atoms with Crippen molar-refractivity contribution < 1.29 is 15.3 Å². The Morgan fingerprint density at radius 1 is 0.864 bits per heavy atom. The number of aromatic hydroxyl groups is 3. The standard InChI is InChI=1S/C17H14N2O3/c20-13-5-3-12(4-6-13)19-17-11(9-18-19)2-1-10-7-15(21)16(22)8-14(10)17/h3-9,20-22H,1-2H2. The van der Waals surface area contributed by atoms with E-state index >= 15 is 0 Å². The molecule has 1 heterocycles. The van der Waals surface area contributed by atoms with Gasteiger partial charge in [0.05, 0.1) is 17.6 Å². The van der Waals surface area contributed by atoms with E-state index in [0.717, 1.165) is 40.9 Å². The van der Waals surface area contributed by atoms with Crippen LogP contribution in [-0.4, -0.2) is 25.1 Å². The van der Waals surface area contributed by atoms with Gasteiger partial charge in [-0.05, 0) is 60.4 Å². The minimum Gasteiger partial charge on any atom is -0.508 e. The third-order valence-corrected chi connectivity index (χ3v) is 4.06. The van der Waals surface area contributed by atoms with E-state index in [1.165, 1.54) is 0 Å². The summed E-state index contributed by atoms with van der Waals surface area (Å²) in [5.74, 6) is -0.0318. The summed E-state index contributed by atoms with van der Waals surface area (Å²) in [7, 11) is 0. The van der Waals surface area contributed by atoms with Gasteiger partial charge in [0.2, 0.25) is 0 Å². The molecule has 0 saturated heterocycles. The zero-order chi connectivity index (χ0) is 15.3. The molecule has 1 aliphatic carbocycles. The molecule has 0 saturated carbocycles. The average Bonchev–Trinajstić information content (AvgIpc) is 2.94. The van der Waals surface area contributed by atoms with E-state index in [-0.39, 0.29) is 17.2 Å². The Bertz CT molecular complexity index is 866. The first-order valence-electron chi connectivity index (χ1n) is 7.05. The van der Waals surface area contributed by atoms with Crippen LogP contribution in [0.1, 0.15) is 11.1 Å². The number of hydrogen-bond donors (Lipinski definition) is 3. The van der Waals surface area contributed by atoms with E-state index in [9.17, 15) is 15.3 Å². The van der Waals surface area contributed by atoms with Crippen LogP contribution in [0.3, 0.4) is 0 Å². The molecule has 0 spiro atoms. The van der Waals surface area contributed by atoms with Crippen LogP contribution < -0.4 is 0 Å². The van der Waals surface area contributed by atoms with Crippen LogP contribution in [0.15, 0.2) is 42.6 Å². The van der Waals surface area contributed by atoms with Gasteiger partial charge < -0.3 is 15.3 Å². The van der Waals surface area contributed by atoms with Gasteiger partial charge in [-0.2, -0.15) is 5.10 Å². The monoisotopic (exact) mass is 294 g/mol. The second-order valence-corrected chi connectivity index (χ2v) is 5.44. The molecular formula is C17H14N2O3. The van der Waals surface area contributed by atoms with Crippen LogP contribution in [-0.2, 0) is 12.8 Å². The predicted molar refractivity (Wildman–Crippen MR) is 81.4 cm³/mol. The van der Waals surface area contributed by atoms with Crippen LogP contribution in [0.2, 0.25) is 0 Å². The van der Waals surface area contributed by atoms with Crippen molar-refractivity contribution in [1.29, 1.82) is 0 Å². The molecule has 0 unspecified atom stereocenters. The highest BCUT2D eigenvalue weighted by molar-refractivity contribution is 5.74. The first-order chi connectivity index (χ1) is 10.6. The van der Waals surface area contributed by atoms with E-state index in [1.54, 1.807) is 41.1 Å². The van der Waals surface area contributed by atoms with Crippen LogP contribution >= 0.6 is 0 Å². The number of aryl methyl sites for hydroxylation is 2. The first-order valence-corrected chi connectivity index (χ1v) is 7.05. The number of rotatable bonds is 1. The van der Waals surface area contributed by atoms with Crippen molar-refractivity contribution in [2.24, 2.45) is 0 Å². The highest BCUT2D eigenvalue weighted by Crippen LogP contribution is 2.40. The molecule has 0 fully saturated rings. The second-order valence-electron chi connectivity index (χ2n) is 5.44. The Morgan fingerprint density at radius 3 is 2.32 bits per heavy atom. The van der Waals surface area contributed by atoms with Gasteiger partial charge >= 0.3 is 0 Å². The van der Waals surface area contributed by atoms with Crippen molar-refractivity contribution >= 4 is 0 Å². The smallest absolute Gasteiger partial charge is 0.158 e.